The fourth-order valence-corrected chi connectivity index (χ4v) is 4.08. The van der Waals surface area contributed by atoms with E-state index in [9.17, 15) is 9.59 Å². The molecule has 0 saturated carbocycles. The average Bonchev–Trinajstić information content (AvgIpc) is 2.92. The predicted molar refractivity (Wildman–Crippen MR) is 160 cm³/mol. The molecule has 0 fully saturated rings. The van der Waals surface area contributed by atoms with Crippen LogP contribution in [0, 0.1) is 0 Å². The van der Waals surface area contributed by atoms with Crippen LogP contribution in [0.15, 0.2) is 70.9 Å². The minimum absolute atomic E-state index is 0.234. The van der Waals surface area contributed by atoms with Crippen molar-refractivity contribution in [2.45, 2.75) is 25.7 Å². The maximum atomic E-state index is 12.0. The smallest absolute Gasteiger partial charge is 0.240 e. The second kappa shape index (κ2) is 16.7. The lowest BCUT2D eigenvalue weighted by Crippen LogP contribution is -2.18. The summed E-state index contributed by atoms with van der Waals surface area (Å²) in [6, 6.07) is 17.2. The highest BCUT2D eigenvalue weighted by Crippen LogP contribution is 2.28. The molecule has 40 heavy (non-hydrogen) atoms. The van der Waals surface area contributed by atoms with Crippen LogP contribution in [0.3, 0.4) is 0 Å². The lowest BCUT2D eigenvalue weighted by atomic mass is 10.2. The largest absolute Gasteiger partial charge is 0.492 e. The summed E-state index contributed by atoms with van der Waals surface area (Å²) < 4.78 is 11.1. The zero-order chi connectivity index (χ0) is 28.7. The molecule has 0 atom stereocenters. The highest BCUT2D eigenvalue weighted by molar-refractivity contribution is 6.36. The van der Waals surface area contributed by atoms with Gasteiger partial charge in [-0.3, -0.25) is 9.59 Å². The first-order valence-corrected chi connectivity index (χ1v) is 13.7. The van der Waals surface area contributed by atoms with Crippen molar-refractivity contribution in [2.24, 2.45) is 10.2 Å². The SMILES string of the molecule is O=C(CCCOc1ccc(Cl)cc1Cl)NN=Cc1ccc(C=NNC(=O)CCCOc2ccc(Cl)cc2Cl)cc1. The molecule has 3 aromatic rings. The van der Waals surface area contributed by atoms with Gasteiger partial charge in [0.25, 0.3) is 0 Å². The number of amides is 2. The summed E-state index contributed by atoms with van der Waals surface area (Å²) in [6.45, 7) is 0.659. The number of nitrogens with one attached hydrogen (secondary N) is 2. The van der Waals surface area contributed by atoms with E-state index in [2.05, 4.69) is 21.1 Å². The van der Waals surface area contributed by atoms with Gasteiger partial charge in [0, 0.05) is 22.9 Å². The summed E-state index contributed by atoms with van der Waals surface area (Å²) in [5.41, 5.74) is 6.53. The molecular weight excluding hydrogens is 598 g/mol. The minimum Gasteiger partial charge on any atom is -0.492 e. The van der Waals surface area contributed by atoms with Crippen molar-refractivity contribution in [2.75, 3.05) is 13.2 Å². The van der Waals surface area contributed by atoms with E-state index in [1.807, 2.05) is 24.3 Å². The molecule has 3 aromatic carbocycles. The van der Waals surface area contributed by atoms with Gasteiger partial charge >= 0.3 is 0 Å². The van der Waals surface area contributed by atoms with Crippen LogP contribution < -0.4 is 20.3 Å². The molecule has 12 heteroatoms. The molecule has 0 aromatic heterocycles. The molecule has 210 valence electrons. The number of hydrogen-bond donors (Lipinski definition) is 2. The Bertz CT molecular complexity index is 1250. The Kier molecular flexibility index (Phi) is 13.1. The van der Waals surface area contributed by atoms with Gasteiger partial charge < -0.3 is 9.47 Å². The first kappa shape index (κ1) is 31.2. The van der Waals surface area contributed by atoms with Crippen LogP contribution in [0.25, 0.3) is 0 Å². The zero-order valence-corrected chi connectivity index (χ0v) is 24.2. The topological polar surface area (TPSA) is 101 Å². The molecule has 0 aliphatic rings. The molecule has 2 N–H and O–H groups in total. The standard InChI is InChI=1S/C28H26Cl4N4O4/c29-21-9-11-25(23(31)15-21)39-13-1-3-27(37)35-33-17-19-5-7-20(8-6-19)18-34-36-28(38)4-2-14-40-26-12-10-22(30)16-24(26)32/h5-12,15-18H,1-4,13-14H2,(H,35,37)(H,36,38). The third-order valence-electron chi connectivity index (χ3n) is 5.14. The molecular formula is C28H26Cl4N4O4. The Morgan fingerprint density at radius 1 is 0.650 bits per heavy atom. The molecule has 0 aliphatic heterocycles. The quantitative estimate of drug-likeness (QED) is 0.116. The lowest BCUT2D eigenvalue weighted by molar-refractivity contribution is -0.122. The molecule has 0 saturated heterocycles. The van der Waals surface area contributed by atoms with Crippen molar-refractivity contribution in [1.29, 1.82) is 0 Å². The van der Waals surface area contributed by atoms with Crippen molar-refractivity contribution in [3.8, 4) is 11.5 Å². The van der Waals surface area contributed by atoms with E-state index < -0.39 is 0 Å². The Balaban J connectivity index is 1.28. The monoisotopic (exact) mass is 622 g/mol. The molecule has 0 radical (unpaired) electrons. The summed E-state index contributed by atoms with van der Waals surface area (Å²) >= 11 is 23.8. The van der Waals surface area contributed by atoms with Crippen molar-refractivity contribution < 1.29 is 19.1 Å². The van der Waals surface area contributed by atoms with Gasteiger partial charge in [0.2, 0.25) is 11.8 Å². The minimum atomic E-state index is -0.234. The number of halogens is 4. The Labute approximate surface area is 252 Å². The third kappa shape index (κ3) is 11.4. The van der Waals surface area contributed by atoms with Crippen LogP contribution in [-0.2, 0) is 9.59 Å². The molecule has 0 unspecified atom stereocenters. The van der Waals surface area contributed by atoms with Crippen LogP contribution in [0.4, 0.5) is 0 Å². The number of ether oxygens (including phenoxy) is 2. The van der Waals surface area contributed by atoms with Gasteiger partial charge in [0.15, 0.2) is 0 Å². The Hall–Kier alpha value is -3.30. The zero-order valence-electron chi connectivity index (χ0n) is 21.2. The number of carbonyl (C=O) groups excluding carboxylic acids is 2. The summed E-state index contributed by atoms with van der Waals surface area (Å²) in [5, 5.41) is 9.82. The van der Waals surface area contributed by atoms with Gasteiger partial charge in [-0.2, -0.15) is 10.2 Å². The van der Waals surface area contributed by atoms with Crippen molar-refractivity contribution in [3.05, 3.63) is 91.9 Å². The third-order valence-corrected chi connectivity index (χ3v) is 6.20. The van der Waals surface area contributed by atoms with Crippen LogP contribution in [0.1, 0.15) is 36.8 Å². The maximum absolute atomic E-state index is 12.0. The van der Waals surface area contributed by atoms with Crippen molar-refractivity contribution in [3.63, 3.8) is 0 Å². The summed E-state index contributed by atoms with van der Waals surface area (Å²) in [7, 11) is 0. The molecule has 8 nitrogen and oxygen atoms in total. The number of carbonyl (C=O) groups is 2. The maximum Gasteiger partial charge on any atom is 0.240 e. The number of hydrazone groups is 2. The highest BCUT2D eigenvalue weighted by atomic mass is 35.5. The van der Waals surface area contributed by atoms with Crippen molar-refractivity contribution >= 4 is 70.6 Å². The fourth-order valence-electron chi connectivity index (χ4n) is 3.15. The summed E-state index contributed by atoms with van der Waals surface area (Å²) in [4.78, 5) is 23.9. The van der Waals surface area contributed by atoms with E-state index in [0.29, 0.717) is 57.6 Å². The van der Waals surface area contributed by atoms with E-state index >= 15 is 0 Å². The number of nitrogens with zero attached hydrogens (tertiary/aromatic N) is 2. The second-order valence-corrected chi connectivity index (χ2v) is 9.99. The number of rotatable bonds is 14. The number of hydrogen-bond acceptors (Lipinski definition) is 6. The van der Waals surface area contributed by atoms with E-state index in [-0.39, 0.29) is 24.7 Å². The molecule has 0 bridgehead atoms. The van der Waals surface area contributed by atoms with Crippen LogP contribution in [0.2, 0.25) is 20.1 Å². The second-order valence-electron chi connectivity index (χ2n) is 8.31. The lowest BCUT2D eigenvalue weighted by Gasteiger charge is -2.07. The normalized spacial score (nSPS) is 11.1. The fraction of sp³-hybridized carbons (Fsp3) is 0.214. The van der Waals surface area contributed by atoms with Crippen molar-refractivity contribution in [1.82, 2.24) is 10.9 Å². The van der Waals surface area contributed by atoms with Crippen LogP contribution >= 0.6 is 46.4 Å². The molecule has 3 rings (SSSR count). The van der Waals surface area contributed by atoms with E-state index in [1.165, 1.54) is 12.4 Å². The van der Waals surface area contributed by atoms with Crippen LogP contribution in [-0.4, -0.2) is 37.5 Å². The molecule has 2 amide bonds. The van der Waals surface area contributed by atoms with E-state index in [4.69, 9.17) is 55.9 Å². The predicted octanol–water partition coefficient (Wildman–Crippen LogP) is 6.92. The Morgan fingerprint density at radius 2 is 1.05 bits per heavy atom. The van der Waals surface area contributed by atoms with E-state index in [1.54, 1.807) is 36.4 Å². The van der Waals surface area contributed by atoms with Crippen LogP contribution in [0.5, 0.6) is 11.5 Å². The Morgan fingerprint density at radius 3 is 1.43 bits per heavy atom. The highest BCUT2D eigenvalue weighted by Gasteiger charge is 2.05. The van der Waals surface area contributed by atoms with Gasteiger partial charge in [0.05, 0.1) is 35.7 Å². The molecule has 0 aliphatic carbocycles. The van der Waals surface area contributed by atoms with Gasteiger partial charge in [-0.05, 0) is 60.4 Å². The van der Waals surface area contributed by atoms with Gasteiger partial charge in [-0.25, -0.2) is 10.9 Å². The first-order valence-electron chi connectivity index (χ1n) is 12.2. The molecule has 0 heterocycles. The summed E-state index contributed by atoms with van der Waals surface area (Å²) in [6.07, 6.45) is 4.54. The summed E-state index contributed by atoms with van der Waals surface area (Å²) in [5.74, 6) is 0.564. The van der Waals surface area contributed by atoms with Gasteiger partial charge in [-0.1, -0.05) is 70.7 Å². The average molecular weight is 624 g/mol. The van der Waals surface area contributed by atoms with Gasteiger partial charge in [0.1, 0.15) is 11.5 Å². The first-order chi connectivity index (χ1) is 19.3. The molecule has 0 spiro atoms. The van der Waals surface area contributed by atoms with Gasteiger partial charge in [-0.15, -0.1) is 0 Å². The number of benzene rings is 3. The van der Waals surface area contributed by atoms with E-state index in [0.717, 1.165) is 11.1 Å².